The van der Waals surface area contributed by atoms with Crippen molar-refractivity contribution in [1.29, 1.82) is 0 Å². The minimum atomic E-state index is -0.245. The number of piperidine rings is 1. The monoisotopic (exact) mass is 344 g/mol. The average Bonchev–Trinajstić information content (AvgIpc) is 3.09. The Labute approximate surface area is 147 Å². The molecule has 1 amide bonds. The smallest absolute Gasteiger partial charge is 0.225 e. The van der Waals surface area contributed by atoms with Crippen LogP contribution in [0.1, 0.15) is 32.3 Å². The topological polar surface area (TPSA) is 61.0 Å². The lowest BCUT2D eigenvalue weighted by atomic mass is 10.0. The van der Waals surface area contributed by atoms with E-state index in [0.29, 0.717) is 12.6 Å². The molecule has 1 aromatic carbocycles. The summed E-state index contributed by atoms with van der Waals surface area (Å²) in [4.78, 5) is 14.0. The van der Waals surface area contributed by atoms with Crippen molar-refractivity contribution in [3.05, 3.63) is 41.8 Å². The third-order valence-electron chi connectivity index (χ3n) is 4.73. The molecule has 0 unspecified atom stereocenters. The van der Waals surface area contributed by atoms with E-state index in [9.17, 15) is 9.18 Å². The summed E-state index contributed by atoms with van der Waals surface area (Å²) in [5.74, 6) is 0.0613. The van der Waals surface area contributed by atoms with Crippen LogP contribution in [-0.4, -0.2) is 40.1 Å². The molecule has 0 atom stereocenters. The zero-order valence-electron chi connectivity index (χ0n) is 14.8. The molecule has 0 aliphatic carbocycles. The van der Waals surface area contributed by atoms with E-state index in [-0.39, 0.29) is 17.6 Å². The Morgan fingerprint density at radius 3 is 2.64 bits per heavy atom. The fraction of sp³-hybridized carbons (Fsp3) is 0.474. The van der Waals surface area contributed by atoms with Crippen LogP contribution in [0.5, 0.6) is 0 Å². The quantitative estimate of drug-likeness (QED) is 0.877. The van der Waals surface area contributed by atoms with E-state index in [4.69, 9.17) is 0 Å². The number of likely N-dealkylation sites (tertiary alicyclic amines) is 1. The summed E-state index contributed by atoms with van der Waals surface area (Å²) < 4.78 is 13.1. The third kappa shape index (κ3) is 4.25. The molecule has 25 heavy (non-hydrogen) atoms. The van der Waals surface area contributed by atoms with Gasteiger partial charge in [-0.25, -0.2) is 4.39 Å². The lowest BCUT2D eigenvalue weighted by Crippen LogP contribution is -2.45. The van der Waals surface area contributed by atoms with Crippen LogP contribution in [0.4, 0.5) is 4.39 Å². The first-order chi connectivity index (χ1) is 12.0. The van der Waals surface area contributed by atoms with Crippen molar-refractivity contribution in [2.75, 3.05) is 13.1 Å². The number of aromatic amines is 1. The molecule has 2 N–H and O–H groups in total. The van der Waals surface area contributed by atoms with Crippen molar-refractivity contribution in [2.24, 2.45) is 5.92 Å². The summed E-state index contributed by atoms with van der Waals surface area (Å²) in [5, 5.41) is 10.7. The van der Waals surface area contributed by atoms with E-state index >= 15 is 0 Å². The lowest BCUT2D eigenvalue weighted by Gasteiger charge is -2.33. The number of benzene rings is 1. The molecule has 5 nitrogen and oxygen atoms in total. The molecule has 1 saturated heterocycles. The number of H-pyrrole nitrogens is 1. The average molecular weight is 344 g/mol. The SMILES string of the molecule is CC(C)C(=O)N1CCC(NCc2cn[nH]c2-c2ccc(F)cc2)CC1. The maximum atomic E-state index is 13.1. The zero-order valence-corrected chi connectivity index (χ0v) is 14.8. The number of carbonyl (C=O) groups excluding carboxylic acids is 1. The molecular weight excluding hydrogens is 319 g/mol. The first-order valence-electron chi connectivity index (χ1n) is 8.85. The van der Waals surface area contributed by atoms with Crippen molar-refractivity contribution in [1.82, 2.24) is 20.4 Å². The van der Waals surface area contributed by atoms with Gasteiger partial charge in [0, 0.05) is 42.7 Å². The highest BCUT2D eigenvalue weighted by Gasteiger charge is 2.24. The van der Waals surface area contributed by atoms with E-state index in [2.05, 4.69) is 15.5 Å². The molecule has 3 rings (SSSR count). The van der Waals surface area contributed by atoms with E-state index in [1.807, 2.05) is 24.9 Å². The fourth-order valence-electron chi connectivity index (χ4n) is 3.24. The van der Waals surface area contributed by atoms with Crippen LogP contribution in [-0.2, 0) is 11.3 Å². The van der Waals surface area contributed by atoms with Crippen molar-refractivity contribution >= 4 is 5.91 Å². The first kappa shape index (κ1) is 17.6. The summed E-state index contributed by atoms with van der Waals surface area (Å²) in [6, 6.07) is 6.81. The number of rotatable bonds is 5. The predicted octanol–water partition coefficient (Wildman–Crippen LogP) is 2.95. The standard InChI is InChI=1S/C19H25FN4O/c1-13(2)19(25)24-9-7-17(8-10-24)21-11-15-12-22-23-18(15)14-3-5-16(20)6-4-14/h3-6,12-13,17,21H,7-11H2,1-2H3,(H,22,23). The highest BCUT2D eigenvalue weighted by Crippen LogP contribution is 2.22. The van der Waals surface area contributed by atoms with Crippen LogP contribution >= 0.6 is 0 Å². The second-order valence-electron chi connectivity index (χ2n) is 6.91. The number of amides is 1. The van der Waals surface area contributed by atoms with E-state index < -0.39 is 0 Å². The molecule has 1 aliphatic rings. The van der Waals surface area contributed by atoms with Crippen molar-refractivity contribution in [3.8, 4) is 11.3 Å². The lowest BCUT2D eigenvalue weighted by molar-refractivity contribution is -0.135. The van der Waals surface area contributed by atoms with Gasteiger partial charge >= 0.3 is 0 Å². The second-order valence-corrected chi connectivity index (χ2v) is 6.91. The van der Waals surface area contributed by atoms with Gasteiger partial charge in [0.25, 0.3) is 0 Å². The Hall–Kier alpha value is -2.21. The number of halogens is 1. The first-order valence-corrected chi connectivity index (χ1v) is 8.85. The van der Waals surface area contributed by atoms with Gasteiger partial charge in [-0.15, -0.1) is 0 Å². The largest absolute Gasteiger partial charge is 0.342 e. The Morgan fingerprint density at radius 2 is 2.00 bits per heavy atom. The summed E-state index contributed by atoms with van der Waals surface area (Å²) in [6.45, 7) is 6.22. The Bertz CT molecular complexity index is 702. The van der Waals surface area contributed by atoms with Gasteiger partial charge in [-0.05, 0) is 37.1 Å². The summed E-state index contributed by atoms with van der Waals surface area (Å²) in [5.41, 5.74) is 2.90. The molecule has 1 fully saturated rings. The Balaban J connectivity index is 1.55. The summed E-state index contributed by atoms with van der Waals surface area (Å²) in [6.07, 6.45) is 3.73. The van der Waals surface area contributed by atoms with Gasteiger partial charge in [-0.2, -0.15) is 5.10 Å². The van der Waals surface area contributed by atoms with Crippen molar-refractivity contribution < 1.29 is 9.18 Å². The van der Waals surface area contributed by atoms with E-state index in [1.165, 1.54) is 12.1 Å². The predicted molar refractivity (Wildman–Crippen MR) is 95.3 cm³/mol. The summed E-state index contributed by atoms with van der Waals surface area (Å²) >= 11 is 0. The molecule has 1 aromatic heterocycles. The molecule has 1 aliphatic heterocycles. The van der Waals surface area contributed by atoms with E-state index in [1.54, 1.807) is 12.1 Å². The normalized spacial score (nSPS) is 15.8. The maximum absolute atomic E-state index is 13.1. The van der Waals surface area contributed by atoms with E-state index in [0.717, 1.165) is 42.8 Å². The van der Waals surface area contributed by atoms with Crippen LogP contribution in [0.15, 0.2) is 30.5 Å². The number of aromatic nitrogens is 2. The molecule has 134 valence electrons. The molecule has 2 heterocycles. The molecule has 0 bridgehead atoms. The van der Waals surface area contributed by atoms with Gasteiger partial charge < -0.3 is 10.2 Å². The van der Waals surface area contributed by atoms with Gasteiger partial charge in [0.2, 0.25) is 5.91 Å². The van der Waals surface area contributed by atoms with Gasteiger partial charge in [0.05, 0.1) is 11.9 Å². The molecule has 0 radical (unpaired) electrons. The number of carbonyl (C=O) groups is 1. The number of hydrogen-bond acceptors (Lipinski definition) is 3. The Morgan fingerprint density at radius 1 is 1.32 bits per heavy atom. The molecule has 0 saturated carbocycles. The highest BCUT2D eigenvalue weighted by molar-refractivity contribution is 5.78. The van der Waals surface area contributed by atoms with Crippen molar-refractivity contribution in [3.63, 3.8) is 0 Å². The molecule has 2 aromatic rings. The van der Waals surface area contributed by atoms with Crippen LogP contribution in [0.25, 0.3) is 11.3 Å². The van der Waals surface area contributed by atoms with Crippen LogP contribution in [0, 0.1) is 11.7 Å². The highest BCUT2D eigenvalue weighted by atomic mass is 19.1. The van der Waals surface area contributed by atoms with Crippen LogP contribution < -0.4 is 5.32 Å². The maximum Gasteiger partial charge on any atom is 0.225 e. The van der Waals surface area contributed by atoms with Crippen LogP contribution in [0.3, 0.4) is 0 Å². The van der Waals surface area contributed by atoms with Gasteiger partial charge in [-0.1, -0.05) is 13.8 Å². The molecule has 0 spiro atoms. The second kappa shape index (κ2) is 7.78. The van der Waals surface area contributed by atoms with Crippen molar-refractivity contribution in [2.45, 2.75) is 39.3 Å². The number of nitrogens with zero attached hydrogens (tertiary/aromatic N) is 2. The van der Waals surface area contributed by atoms with Gasteiger partial charge in [-0.3, -0.25) is 9.89 Å². The summed E-state index contributed by atoms with van der Waals surface area (Å²) in [7, 11) is 0. The minimum absolute atomic E-state index is 0.0636. The Kier molecular flexibility index (Phi) is 5.48. The molecular formula is C19H25FN4O. The number of hydrogen-bond donors (Lipinski definition) is 2. The zero-order chi connectivity index (χ0) is 17.8. The van der Waals surface area contributed by atoms with Gasteiger partial charge in [0.1, 0.15) is 5.82 Å². The third-order valence-corrected chi connectivity index (χ3v) is 4.73. The minimum Gasteiger partial charge on any atom is -0.342 e. The number of nitrogens with one attached hydrogen (secondary N) is 2. The molecule has 6 heteroatoms. The fourth-order valence-corrected chi connectivity index (χ4v) is 3.24. The van der Waals surface area contributed by atoms with Crippen LogP contribution in [0.2, 0.25) is 0 Å². The van der Waals surface area contributed by atoms with Gasteiger partial charge in [0.15, 0.2) is 0 Å².